The van der Waals surface area contributed by atoms with Crippen molar-refractivity contribution in [3.63, 3.8) is 0 Å². The Kier molecular flexibility index (Phi) is 6.08. The highest BCUT2D eigenvalue weighted by molar-refractivity contribution is 5.34. The van der Waals surface area contributed by atoms with Gasteiger partial charge in [0, 0.05) is 6.54 Å². The third kappa shape index (κ3) is 5.34. The number of ether oxygens (including phenoxy) is 1. The minimum Gasteiger partial charge on any atom is -0.491 e. The molecule has 0 spiro atoms. The summed E-state index contributed by atoms with van der Waals surface area (Å²) in [6.45, 7) is 3.76. The van der Waals surface area contributed by atoms with Gasteiger partial charge in [0.05, 0.1) is 11.6 Å². The lowest BCUT2D eigenvalue weighted by molar-refractivity contribution is 0.106. The summed E-state index contributed by atoms with van der Waals surface area (Å²) < 4.78 is 5.40. The smallest absolute Gasteiger partial charge is 0.119 e. The number of benzene rings is 1. The van der Waals surface area contributed by atoms with Gasteiger partial charge in [0.1, 0.15) is 18.5 Å². The van der Waals surface area contributed by atoms with Crippen LogP contribution in [0.2, 0.25) is 0 Å². The Hall–Kier alpha value is -1.57. The van der Waals surface area contributed by atoms with Gasteiger partial charge in [-0.05, 0) is 37.2 Å². The van der Waals surface area contributed by atoms with Crippen molar-refractivity contribution in [3.8, 4) is 11.8 Å². The van der Waals surface area contributed by atoms with Crippen LogP contribution in [0, 0.1) is 11.3 Å². The molecule has 0 aromatic heterocycles. The lowest BCUT2D eigenvalue weighted by Gasteiger charge is -2.12. The van der Waals surface area contributed by atoms with Crippen LogP contribution in [0.3, 0.4) is 0 Å². The Morgan fingerprint density at radius 3 is 2.71 bits per heavy atom. The first kappa shape index (κ1) is 13.5. The van der Waals surface area contributed by atoms with Crippen molar-refractivity contribution in [1.82, 2.24) is 5.32 Å². The van der Waals surface area contributed by atoms with E-state index in [-0.39, 0.29) is 6.61 Å². The summed E-state index contributed by atoms with van der Waals surface area (Å²) >= 11 is 0. The monoisotopic (exact) mass is 234 g/mol. The molecule has 92 valence electrons. The first-order valence-electron chi connectivity index (χ1n) is 5.78. The highest BCUT2D eigenvalue weighted by atomic mass is 16.5. The van der Waals surface area contributed by atoms with Crippen molar-refractivity contribution < 1.29 is 9.84 Å². The average molecular weight is 234 g/mol. The number of nitrogens with zero attached hydrogens (tertiary/aromatic N) is 1. The van der Waals surface area contributed by atoms with Gasteiger partial charge in [0.25, 0.3) is 0 Å². The molecule has 1 unspecified atom stereocenters. The van der Waals surface area contributed by atoms with Gasteiger partial charge in [0.2, 0.25) is 0 Å². The zero-order valence-corrected chi connectivity index (χ0v) is 10.0. The third-order valence-corrected chi connectivity index (χ3v) is 2.23. The van der Waals surface area contributed by atoms with Gasteiger partial charge >= 0.3 is 0 Å². The molecule has 0 aliphatic carbocycles. The molecule has 0 aliphatic rings. The summed E-state index contributed by atoms with van der Waals surface area (Å²) in [7, 11) is 0. The molecule has 1 atom stereocenters. The maximum Gasteiger partial charge on any atom is 0.119 e. The van der Waals surface area contributed by atoms with Crippen LogP contribution in [0.1, 0.15) is 18.9 Å². The van der Waals surface area contributed by atoms with Gasteiger partial charge in [-0.1, -0.05) is 6.92 Å². The summed E-state index contributed by atoms with van der Waals surface area (Å²) in [6, 6.07) is 8.88. The van der Waals surface area contributed by atoms with E-state index in [1.165, 1.54) is 0 Å². The summed E-state index contributed by atoms with van der Waals surface area (Å²) in [4.78, 5) is 0. The fraction of sp³-hybridized carbons (Fsp3) is 0.462. The molecular formula is C13H18N2O2. The van der Waals surface area contributed by atoms with Crippen molar-refractivity contribution in [1.29, 1.82) is 5.26 Å². The predicted molar refractivity (Wildman–Crippen MR) is 65.8 cm³/mol. The lowest BCUT2D eigenvalue weighted by Crippen LogP contribution is -2.31. The van der Waals surface area contributed by atoms with Crippen molar-refractivity contribution in [3.05, 3.63) is 29.8 Å². The topological polar surface area (TPSA) is 65.3 Å². The molecular weight excluding hydrogens is 216 g/mol. The standard InChI is InChI=1S/C13H18N2O2/c1-2-7-15-9-12(16)10-17-13-5-3-11(8-14)4-6-13/h3-6,12,15-16H,2,7,9-10H2,1H3. The van der Waals surface area contributed by atoms with Crippen LogP contribution in [0.15, 0.2) is 24.3 Å². The van der Waals surface area contributed by atoms with E-state index in [9.17, 15) is 5.11 Å². The number of nitriles is 1. The van der Waals surface area contributed by atoms with Crippen LogP contribution in [0.25, 0.3) is 0 Å². The van der Waals surface area contributed by atoms with Gasteiger partial charge in [-0.15, -0.1) is 0 Å². The Balaban J connectivity index is 2.27. The van der Waals surface area contributed by atoms with Gasteiger partial charge in [-0.2, -0.15) is 5.26 Å². The second-order valence-electron chi connectivity index (χ2n) is 3.81. The van der Waals surface area contributed by atoms with Crippen LogP contribution >= 0.6 is 0 Å². The lowest BCUT2D eigenvalue weighted by atomic mass is 10.2. The fourth-order valence-corrected chi connectivity index (χ4v) is 1.32. The Morgan fingerprint density at radius 1 is 1.41 bits per heavy atom. The van der Waals surface area contributed by atoms with E-state index in [0.717, 1.165) is 13.0 Å². The van der Waals surface area contributed by atoms with Crippen LogP contribution < -0.4 is 10.1 Å². The van der Waals surface area contributed by atoms with E-state index in [4.69, 9.17) is 10.00 Å². The van der Waals surface area contributed by atoms with E-state index in [1.54, 1.807) is 24.3 Å². The van der Waals surface area contributed by atoms with Crippen LogP contribution in [0.4, 0.5) is 0 Å². The molecule has 17 heavy (non-hydrogen) atoms. The van der Waals surface area contributed by atoms with Crippen LogP contribution in [-0.2, 0) is 0 Å². The maximum atomic E-state index is 9.60. The van der Waals surface area contributed by atoms with Gasteiger partial charge in [0.15, 0.2) is 0 Å². The largest absolute Gasteiger partial charge is 0.491 e. The second kappa shape index (κ2) is 7.66. The molecule has 0 heterocycles. The first-order chi connectivity index (χ1) is 8.26. The van der Waals surface area contributed by atoms with Crippen molar-refractivity contribution >= 4 is 0 Å². The minimum absolute atomic E-state index is 0.253. The highest BCUT2D eigenvalue weighted by Crippen LogP contribution is 2.11. The number of aliphatic hydroxyl groups is 1. The fourth-order valence-electron chi connectivity index (χ4n) is 1.32. The van der Waals surface area contributed by atoms with E-state index >= 15 is 0 Å². The van der Waals surface area contributed by atoms with Gasteiger partial charge in [-0.25, -0.2) is 0 Å². The minimum atomic E-state index is -0.516. The Morgan fingerprint density at radius 2 is 2.12 bits per heavy atom. The van der Waals surface area contributed by atoms with E-state index in [0.29, 0.717) is 17.9 Å². The number of hydrogen-bond acceptors (Lipinski definition) is 4. The van der Waals surface area contributed by atoms with Gasteiger partial charge in [-0.3, -0.25) is 0 Å². The molecule has 4 heteroatoms. The van der Waals surface area contributed by atoms with Crippen molar-refractivity contribution in [2.24, 2.45) is 0 Å². The third-order valence-electron chi connectivity index (χ3n) is 2.23. The molecule has 1 aromatic rings. The SMILES string of the molecule is CCCNCC(O)COc1ccc(C#N)cc1. The van der Waals surface area contributed by atoms with E-state index in [1.807, 2.05) is 6.07 Å². The van der Waals surface area contributed by atoms with Crippen molar-refractivity contribution in [2.75, 3.05) is 19.7 Å². The second-order valence-corrected chi connectivity index (χ2v) is 3.81. The molecule has 0 saturated carbocycles. The quantitative estimate of drug-likeness (QED) is 0.698. The molecule has 0 aliphatic heterocycles. The van der Waals surface area contributed by atoms with Crippen LogP contribution in [0.5, 0.6) is 5.75 Å². The molecule has 2 N–H and O–H groups in total. The molecule has 0 saturated heterocycles. The summed E-state index contributed by atoms with van der Waals surface area (Å²) in [5.74, 6) is 0.665. The summed E-state index contributed by atoms with van der Waals surface area (Å²) in [6.07, 6.45) is 0.528. The zero-order valence-electron chi connectivity index (χ0n) is 10.0. The first-order valence-corrected chi connectivity index (χ1v) is 5.78. The molecule has 0 radical (unpaired) electrons. The zero-order chi connectivity index (χ0) is 12.5. The van der Waals surface area contributed by atoms with Crippen LogP contribution in [-0.4, -0.2) is 30.9 Å². The Labute approximate surface area is 102 Å². The summed E-state index contributed by atoms with van der Waals surface area (Å²) in [5, 5.41) is 21.3. The molecule has 4 nitrogen and oxygen atoms in total. The highest BCUT2D eigenvalue weighted by Gasteiger charge is 2.04. The number of nitrogens with one attached hydrogen (secondary N) is 1. The number of aliphatic hydroxyl groups excluding tert-OH is 1. The molecule has 0 fully saturated rings. The van der Waals surface area contributed by atoms with Gasteiger partial charge < -0.3 is 15.2 Å². The normalized spacial score (nSPS) is 11.8. The molecule has 0 bridgehead atoms. The Bertz CT molecular complexity index is 357. The predicted octanol–water partition coefficient (Wildman–Crippen LogP) is 1.30. The van der Waals surface area contributed by atoms with E-state index < -0.39 is 6.10 Å². The average Bonchev–Trinajstić information content (AvgIpc) is 2.37. The maximum absolute atomic E-state index is 9.60. The summed E-state index contributed by atoms with van der Waals surface area (Å²) in [5.41, 5.74) is 0.600. The molecule has 0 amide bonds. The van der Waals surface area contributed by atoms with Crippen molar-refractivity contribution in [2.45, 2.75) is 19.4 Å². The molecule has 1 aromatic carbocycles. The molecule has 1 rings (SSSR count). The number of rotatable bonds is 7. The number of hydrogen-bond donors (Lipinski definition) is 2. The van der Waals surface area contributed by atoms with E-state index in [2.05, 4.69) is 12.2 Å².